The monoisotopic (exact) mass is 707 g/mol. The van der Waals surface area contributed by atoms with Gasteiger partial charge in [-0.1, -0.05) is 77.1 Å². The minimum atomic E-state index is -1.27. The Kier molecular flexibility index (Phi) is 12.3. The average Bonchev–Trinajstić information content (AvgIpc) is 3.71. The predicted octanol–water partition coefficient (Wildman–Crippen LogP) is 5.70. The summed E-state index contributed by atoms with van der Waals surface area (Å²) in [4.78, 5) is 62.4. The van der Waals surface area contributed by atoms with Crippen LogP contribution in [0, 0.1) is 23.2 Å². The first-order chi connectivity index (χ1) is 23.9. The van der Waals surface area contributed by atoms with Crippen molar-refractivity contribution in [1.29, 1.82) is 0 Å². The van der Waals surface area contributed by atoms with Crippen molar-refractivity contribution in [3.05, 3.63) is 61.2 Å². The number of likely N-dealkylation sites (tertiary alicyclic amines) is 1. The topological polar surface area (TPSA) is 117 Å². The number of amides is 3. The highest BCUT2D eigenvalue weighted by atomic mass is 16.6. The summed E-state index contributed by atoms with van der Waals surface area (Å²) in [6.45, 7) is 23.7. The number of aliphatic hydroxyl groups is 1. The van der Waals surface area contributed by atoms with E-state index >= 15 is 4.79 Å². The Bertz CT molecular complexity index is 1450. The maximum absolute atomic E-state index is 15.1. The van der Waals surface area contributed by atoms with E-state index < -0.39 is 59.3 Å². The molecule has 3 aliphatic heterocycles. The van der Waals surface area contributed by atoms with Crippen molar-refractivity contribution in [2.24, 2.45) is 23.2 Å². The van der Waals surface area contributed by atoms with Crippen LogP contribution in [0.3, 0.4) is 0 Å². The van der Waals surface area contributed by atoms with E-state index in [1.54, 1.807) is 29.0 Å². The molecule has 0 aromatic heterocycles. The number of fused-ring (bicyclic) bond motifs is 1. The second-order valence-corrected chi connectivity index (χ2v) is 16.9. The van der Waals surface area contributed by atoms with Gasteiger partial charge >= 0.3 is 5.97 Å². The lowest BCUT2D eigenvalue weighted by Crippen LogP contribution is -2.63. The van der Waals surface area contributed by atoms with Crippen LogP contribution < -0.4 is 0 Å². The number of allylic oxidation sites excluding steroid dienone is 1. The first-order valence-corrected chi connectivity index (χ1v) is 18.5. The van der Waals surface area contributed by atoms with Crippen LogP contribution in [0.25, 0.3) is 0 Å². The maximum Gasteiger partial charge on any atom is 0.313 e. The number of carbonyl (C=O) groups excluding carboxylic acids is 4. The zero-order chi connectivity index (χ0) is 38.1. The van der Waals surface area contributed by atoms with Crippen molar-refractivity contribution in [1.82, 2.24) is 14.7 Å². The summed E-state index contributed by atoms with van der Waals surface area (Å²) >= 11 is 0. The Morgan fingerprint density at radius 3 is 2.29 bits per heavy atom. The number of nitrogens with zero attached hydrogens (tertiary/aromatic N) is 3. The Balaban J connectivity index is 1.76. The van der Waals surface area contributed by atoms with Crippen LogP contribution >= 0.6 is 0 Å². The van der Waals surface area contributed by atoms with Gasteiger partial charge in [0, 0.05) is 25.6 Å². The molecule has 4 rings (SSSR count). The highest BCUT2D eigenvalue weighted by Gasteiger charge is 2.76. The van der Waals surface area contributed by atoms with E-state index in [0.29, 0.717) is 31.2 Å². The van der Waals surface area contributed by atoms with Gasteiger partial charge in [0.15, 0.2) is 0 Å². The van der Waals surface area contributed by atoms with Gasteiger partial charge in [-0.25, -0.2) is 0 Å². The second kappa shape index (κ2) is 15.6. The molecule has 3 aliphatic rings. The van der Waals surface area contributed by atoms with Crippen molar-refractivity contribution in [2.45, 2.75) is 129 Å². The number of rotatable bonds is 16. The van der Waals surface area contributed by atoms with Gasteiger partial charge in [0.2, 0.25) is 17.7 Å². The van der Waals surface area contributed by atoms with Gasteiger partial charge in [-0.3, -0.25) is 19.2 Å². The van der Waals surface area contributed by atoms with Gasteiger partial charge < -0.3 is 29.3 Å². The van der Waals surface area contributed by atoms with E-state index in [1.165, 1.54) is 4.90 Å². The van der Waals surface area contributed by atoms with Gasteiger partial charge in [0.1, 0.15) is 17.7 Å². The average molecular weight is 708 g/mol. The molecule has 0 radical (unpaired) electrons. The zero-order valence-electron chi connectivity index (χ0n) is 32.3. The molecule has 3 fully saturated rings. The number of benzene rings is 1. The van der Waals surface area contributed by atoms with Crippen LogP contribution in [0.15, 0.2) is 55.6 Å². The van der Waals surface area contributed by atoms with Gasteiger partial charge in [-0.05, 0) is 63.4 Å². The molecule has 10 heteroatoms. The lowest BCUT2D eigenvalue weighted by atomic mass is 9.70. The van der Waals surface area contributed by atoms with Crippen molar-refractivity contribution in [3.8, 4) is 0 Å². The minimum absolute atomic E-state index is 0.102. The highest BCUT2D eigenvalue weighted by molar-refractivity contribution is 5.98. The summed E-state index contributed by atoms with van der Waals surface area (Å²) in [6, 6.07) is 7.04. The summed E-state index contributed by atoms with van der Waals surface area (Å²) in [5.74, 6) is -3.47. The molecule has 1 aromatic rings. The largest absolute Gasteiger partial charge is 0.455 e. The molecule has 8 atom stereocenters. The van der Waals surface area contributed by atoms with Crippen LogP contribution in [-0.2, 0) is 28.7 Å². The SMILES string of the molecule is C=CCCC(=O)N(C)[C@H](C)[C@H](OC(=O)[C@@H]1[C@@H]2CC[C@]3(O2)[C@H](C(=O)N(CC=C)C(C)(C)CC(C)(C)C)N([C@@H](CO)C(C)C)C(=O)[C@@H]13)c1ccccc1. The van der Waals surface area contributed by atoms with Gasteiger partial charge in [0.05, 0.1) is 36.6 Å². The van der Waals surface area contributed by atoms with Gasteiger partial charge in [-0.2, -0.15) is 0 Å². The van der Waals surface area contributed by atoms with Crippen LogP contribution in [0.5, 0.6) is 0 Å². The van der Waals surface area contributed by atoms with E-state index in [-0.39, 0.29) is 48.6 Å². The molecular formula is C41H61N3O7. The third-order valence-corrected chi connectivity index (χ3v) is 11.2. The first kappa shape index (κ1) is 40.3. The Labute approximate surface area is 305 Å². The minimum Gasteiger partial charge on any atom is -0.455 e. The van der Waals surface area contributed by atoms with Crippen LogP contribution in [0.2, 0.25) is 0 Å². The molecule has 3 saturated heterocycles. The third-order valence-electron chi connectivity index (χ3n) is 11.2. The van der Waals surface area contributed by atoms with E-state index in [2.05, 4.69) is 33.9 Å². The van der Waals surface area contributed by atoms with Crippen LogP contribution in [0.4, 0.5) is 0 Å². The number of ether oxygens (including phenoxy) is 2. The van der Waals surface area contributed by atoms with Gasteiger partial charge in [0.25, 0.3) is 0 Å². The van der Waals surface area contributed by atoms with Crippen molar-refractivity contribution in [3.63, 3.8) is 0 Å². The normalized spacial score (nSPS) is 26.0. The summed E-state index contributed by atoms with van der Waals surface area (Å²) in [7, 11) is 1.70. The predicted molar refractivity (Wildman–Crippen MR) is 197 cm³/mol. The number of likely N-dealkylation sites (N-methyl/N-ethyl adjacent to an activating group) is 1. The maximum atomic E-state index is 15.1. The number of hydrogen-bond acceptors (Lipinski definition) is 7. The molecule has 1 spiro atoms. The van der Waals surface area contributed by atoms with E-state index in [1.807, 2.05) is 65.0 Å². The molecule has 51 heavy (non-hydrogen) atoms. The van der Waals surface area contributed by atoms with E-state index in [9.17, 15) is 19.5 Å². The first-order valence-electron chi connectivity index (χ1n) is 18.5. The molecule has 2 bridgehead atoms. The molecule has 0 unspecified atom stereocenters. The zero-order valence-corrected chi connectivity index (χ0v) is 32.3. The smallest absolute Gasteiger partial charge is 0.313 e. The molecule has 3 heterocycles. The number of hydrogen-bond donors (Lipinski definition) is 1. The Morgan fingerprint density at radius 1 is 1.10 bits per heavy atom. The second-order valence-electron chi connectivity index (χ2n) is 16.9. The van der Waals surface area contributed by atoms with E-state index in [4.69, 9.17) is 9.47 Å². The lowest BCUT2D eigenvalue weighted by molar-refractivity contribution is -0.165. The molecule has 1 N–H and O–H groups in total. The molecule has 10 nitrogen and oxygen atoms in total. The number of carbonyl (C=O) groups is 4. The summed E-state index contributed by atoms with van der Waals surface area (Å²) in [6.07, 6.45) is 4.33. The molecule has 0 aliphatic carbocycles. The van der Waals surface area contributed by atoms with E-state index in [0.717, 1.165) is 0 Å². The molecular weight excluding hydrogens is 646 g/mol. The quantitative estimate of drug-likeness (QED) is 0.173. The molecule has 1 aromatic carbocycles. The van der Waals surface area contributed by atoms with Crippen molar-refractivity contribution in [2.75, 3.05) is 20.2 Å². The van der Waals surface area contributed by atoms with Crippen molar-refractivity contribution >= 4 is 23.7 Å². The standard InChI is InChI=1S/C41H61N3O7/c1-12-14-20-31(46)42(11)27(5)34(28-18-16-15-17-19-28)50-38(49)32-30-21-22-41(51-30)33(32)36(47)44(29(24-45)26(3)4)35(41)37(48)43(23-13-2)40(9,10)25-39(6,7)8/h12-13,15-19,26-27,29-30,32-35,45H,1-2,14,20-25H2,3-11H3/t27-,29+,30+,32-,33-,34+,35+,41-/m1/s1. The fraction of sp³-hybridized carbons (Fsp3) is 0.659. The fourth-order valence-electron chi connectivity index (χ4n) is 9.04. The fourth-order valence-corrected chi connectivity index (χ4v) is 9.04. The van der Waals surface area contributed by atoms with Crippen LogP contribution in [0.1, 0.15) is 99.2 Å². The molecule has 0 saturated carbocycles. The lowest BCUT2D eigenvalue weighted by Gasteiger charge is -2.46. The Hall–Kier alpha value is -3.50. The molecule has 3 amide bonds. The van der Waals surface area contributed by atoms with Gasteiger partial charge in [-0.15, -0.1) is 13.2 Å². The molecule has 282 valence electrons. The van der Waals surface area contributed by atoms with Crippen LogP contribution in [-0.4, -0.2) is 99.1 Å². The highest BCUT2D eigenvalue weighted by Crippen LogP contribution is 2.60. The summed E-state index contributed by atoms with van der Waals surface area (Å²) in [5.41, 5.74) is -1.26. The third kappa shape index (κ3) is 7.82. The number of esters is 1. The van der Waals surface area contributed by atoms with Crippen molar-refractivity contribution < 1.29 is 33.8 Å². The number of aliphatic hydroxyl groups excluding tert-OH is 1. The summed E-state index contributed by atoms with van der Waals surface area (Å²) in [5, 5.41) is 10.7. The Morgan fingerprint density at radius 2 is 1.75 bits per heavy atom. The summed E-state index contributed by atoms with van der Waals surface area (Å²) < 4.78 is 13.1.